The van der Waals surface area contributed by atoms with Crippen LogP contribution in [0.2, 0.25) is 0 Å². The SMILES string of the molecule is CCC1CSCC1C(=O)O. The van der Waals surface area contributed by atoms with Crippen molar-refractivity contribution in [1.29, 1.82) is 0 Å². The van der Waals surface area contributed by atoms with Gasteiger partial charge in [-0.15, -0.1) is 0 Å². The topological polar surface area (TPSA) is 37.3 Å². The molecule has 0 aromatic rings. The number of hydrogen-bond acceptors (Lipinski definition) is 2. The number of thioether (sulfide) groups is 1. The van der Waals surface area contributed by atoms with Crippen molar-refractivity contribution in [3.8, 4) is 0 Å². The van der Waals surface area contributed by atoms with Gasteiger partial charge in [-0.1, -0.05) is 13.3 Å². The summed E-state index contributed by atoms with van der Waals surface area (Å²) >= 11 is 1.76. The molecule has 0 aliphatic carbocycles. The molecule has 2 atom stereocenters. The lowest BCUT2D eigenvalue weighted by Gasteiger charge is -2.10. The second-order valence-electron chi connectivity index (χ2n) is 2.65. The zero-order valence-electron chi connectivity index (χ0n) is 6.04. The molecule has 0 aromatic carbocycles. The van der Waals surface area contributed by atoms with Crippen LogP contribution in [-0.2, 0) is 4.79 Å². The highest BCUT2D eigenvalue weighted by Gasteiger charge is 2.31. The fourth-order valence-corrected chi connectivity index (χ4v) is 2.85. The van der Waals surface area contributed by atoms with Crippen LogP contribution in [0.25, 0.3) is 0 Å². The zero-order valence-corrected chi connectivity index (χ0v) is 6.86. The zero-order chi connectivity index (χ0) is 7.56. The van der Waals surface area contributed by atoms with E-state index in [0.717, 1.165) is 17.9 Å². The molecule has 1 aliphatic heterocycles. The number of carbonyl (C=O) groups is 1. The Kier molecular flexibility index (Phi) is 2.60. The first-order valence-electron chi connectivity index (χ1n) is 3.56. The molecule has 58 valence electrons. The lowest BCUT2D eigenvalue weighted by Crippen LogP contribution is -2.20. The predicted octanol–water partition coefficient (Wildman–Crippen LogP) is 1.46. The van der Waals surface area contributed by atoms with Crippen molar-refractivity contribution in [2.75, 3.05) is 11.5 Å². The Morgan fingerprint density at radius 2 is 2.40 bits per heavy atom. The third kappa shape index (κ3) is 1.45. The first-order valence-corrected chi connectivity index (χ1v) is 4.71. The van der Waals surface area contributed by atoms with Gasteiger partial charge in [-0.25, -0.2) is 0 Å². The van der Waals surface area contributed by atoms with Gasteiger partial charge in [-0.05, 0) is 11.7 Å². The number of carboxylic acid groups (broad SMARTS) is 1. The van der Waals surface area contributed by atoms with E-state index in [-0.39, 0.29) is 5.92 Å². The van der Waals surface area contributed by atoms with Gasteiger partial charge < -0.3 is 5.11 Å². The highest BCUT2D eigenvalue weighted by atomic mass is 32.2. The van der Waals surface area contributed by atoms with Crippen molar-refractivity contribution in [2.45, 2.75) is 13.3 Å². The second kappa shape index (κ2) is 3.28. The Balaban J connectivity index is 2.50. The van der Waals surface area contributed by atoms with Gasteiger partial charge in [0, 0.05) is 5.75 Å². The maximum Gasteiger partial charge on any atom is 0.307 e. The molecule has 1 fully saturated rings. The molecule has 1 aliphatic rings. The van der Waals surface area contributed by atoms with Gasteiger partial charge in [0.1, 0.15) is 0 Å². The molecule has 1 saturated heterocycles. The minimum atomic E-state index is -0.614. The number of carboxylic acids is 1. The molecule has 10 heavy (non-hydrogen) atoms. The summed E-state index contributed by atoms with van der Waals surface area (Å²) in [5.74, 6) is 1.58. The summed E-state index contributed by atoms with van der Waals surface area (Å²) in [6, 6.07) is 0. The minimum absolute atomic E-state index is 0.0741. The molecule has 2 nitrogen and oxygen atoms in total. The standard InChI is InChI=1S/C7H12O2S/c1-2-5-3-10-4-6(5)7(8)9/h5-6H,2-4H2,1H3,(H,8,9). The summed E-state index contributed by atoms with van der Waals surface area (Å²) in [7, 11) is 0. The molecule has 0 spiro atoms. The minimum Gasteiger partial charge on any atom is -0.481 e. The van der Waals surface area contributed by atoms with Crippen molar-refractivity contribution in [2.24, 2.45) is 11.8 Å². The monoisotopic (exact) mass is 160 g/mol. The van der Waals surface area contributed by atoms with Crippen LogP contribution in [0.4, 0.5) is 0 Å². The first kappa shape index (κ1) is 7.92. The maximum atomic E-state index is 10.6. The molecule has 0 amide bonds. The summed E-state index contributed by atoms with van der Waals surface area (Å²) in [5.41, 5.74) is 0. The highest BCUT2D eigenvalue weighted by molar-refractivity contribution is 7.99. The predicted molar refractivity (Wildman–Crippen MR) is 42.2 cm³/mol. The Labute approximate surface area is 65.0 Å². The average Bonchev–Trinajstić information content (AvgIpc) is 2.33. The van der Waals surface area contributed by atoms with Crippen molar-refractivity contribution in [1.82, 2.24) is 0 Å². The highest BCUT2D eigenvalue weighted by Crippen LogP contribution is 2.31. The van der Waals surface area contributed by atoms with Crippen LogP contribution < -0.4 is 0 Å². The van der Waals surface area contributed by atoms with Gasteiger partial charge in [-0.3, -0.25) is 4.79 Å². The summed E-state index contributed by atoms with van der Waals surface area (Å²) < 4.78 is 0. The third-order valence-electron chi connectivity index (χ3n) is 2.04. The Morgan fingerprint density at radius 1 is 1.70 bits per heavy atom. The number of aliphatic carboxylic acids is 1. The lowest BCUT2D eigenvalue weighted by atomic mass is 9.94. The number of hydrogen-bond donors (Lipinski definition) is 1. The molecular formula is C7H12O2S. The fraction of sp³-hybridized carbons (Fsp3) is 0.857. The summed E-state index contributed by atoms with van der Waals surface area (Å²) in [5, 5.41) is 8.70. The van der Waals surface area contributed by atoms with Crippen LogP contribution in [0.1, 0.15) is 13.3 Å². The van der Waals surface area contributed by atoms with E-state index in [1.54, 1.807) is 11.8 Å². The molecule has 2 unspecified atom stereocenters. The van der Waals surface area contributed by atoms with E-state index in [2.05, 4.69) is 6.92 Å². The molecular weight excluding hydrogens is 148 g/mol. The third-order valence-corrected chi connectivity index (χ3v) is 3.30. The van der Waals surface area contributed by atoms with E-state index in [1.807, 2.05) is 0 Å². The number of rotatable bonds is 2. The van der Waals surface area contributed by atoms with E-state index in [0.29, 0.717) is 5.92 Å². The van der Waals surface area contributed by atoms with Crippen LogP contribution in [0.3, 0.4) is 0 Å². The van der Waals surface area contributed by atoms with Gasteiger partial charge in [-0.2, -0.15) is 11.8 Å². The summed E-state index contributed by atoms with van der Waals surface area (Å²) in [6.07, 6.45) is 1.00. The van der Waals surface area contributed by atoms with E-state index in [9.17, 15) is 4.79 Å². The molecule has 1 rings (SSSR count). The summed E-state index contributed by atoms with van der Waals surface area (Å²) in [6.45, 7) is 2.06. The molecule has 0 bridgehead atoms. The summed E-state index contributed by atoms with van der Waals surface area (Å²) in [4.78, 5) is 10.6. The van der Waals surface area contributed by atoms with Crippen LogP contribution in [0.15, 0.2) is 0 Å². The van der Waals surface area contributed by atoms with Gasteiger partial charge in [0.2, 0.25) is 0 Å². The van der Waals surface area contributed by atoms with Gasteiger partial charge >= 0.3 is 5.97 Å². The molecule has 1 N–H and O–H groups in total. The van der Waals surface area contributed by atoms with Gasteiger partial charge in [0.25, 0.3) is 0 Å². The molecule has 0 saturated carbocycles. The molecule has 0 aromatic heterocycles. The lowest BCUT2D eigenvalue weighted by molar-refractivity contribution is -0.142. The smallest absolute Gasteiger partial charge is 0.307 e. The first-order chi connectivity index (χ1) is 4.75. The normalized spacial score (nSPS) is 32.5. The maximum absolute atomic E-state index is 10.6. The van der Waals surface area contributed by atoms with E-state index < -0.39 is 5.97 Å². The van der Waals surface area contributed by atoms with Gasteiger partial charge in [0.05, 0.1) is 5.92 Å². The van der Waals surface area contributed by atoms with Crippen molar-refractivity contribution in [3.63, 3.8) is 0 Å². The van der Waals surface area contributed by atoms with Crippen LogP contribution in [0, 0.1) is 11.8 Å². The van der Waals surface area contributed by atoms with Gasteiger partial charge in [0.15, 0.2) is 0 Å². The van der Waals surface area contributed by atoms with Crippen molar-refractivity contribution < 1.29 is 9.90 Å². The van der Waals surface area contributed by atoms with Crippen molar-refractivity contribution >= 4 is 17.7 Å². The Morgan fingerprint density at radius 3 is 2.80 bits per heavy atom. The van der Waals surface area contributed by atoms with Crippen molar-refractivity contribution in [3.05, 3.63) is 0 Å². The average molecular weight is 160 g/mol. The fourth-order valence-electron chi connectivity index (χ4n) is 1.27. The van der Waals surface area contributed by atoms with E-state index >= 15 is 0 Å². The molecule has 0 radical (unpaired) electrons. The largest absolute Gasteiger partial charge is 0.481 e. The van der Waals surface area contributed by atoms with E-state index in [1.165, 1.54) is 0 Å². The quantitative estimate of drug-likeness (QED) is 0.664. The Bertz CT molecular complexity index is 136. The van der Waals surface area contributed by atoms with Crippen LogP contribution in [0.5, 0.6) is 0 Å². The molecule has 3 heteroatoms. The molecule has 1 heterocycles. The van der Waals surface area contributed by atoms with Crippen LogP contribution in [-0.4, -0.2) is 22.6 Å². The Hall–Kier alpha value is -0.180. The second-order valence-corrected chi connectivity index (χ2v) is 3.73. The van der Waals surface area contributed by atoms with E-state index in [4.69, 9.17) is 5.11 Å². The van der Waals surface area contributed by atoms with Crippen LogP contribution >= 0.6 is 11.8 Å².